The summed E-state index contributed by atoms with van der Waals surface area (Å²) in [6.07, 6.45) is 2.17. The first-order chi connectivity index (χ1) is 10.1. The van der Waals surface area contributed by atoms with Crippen molar-refractivity contribution >= 4 is 5.97 Å². The zero-order valence-electron chi connectivity index (χ0n) is 12.0. The number of aryl methyl sites for hydroxylation is 1. The number of benzene rings is 1. The Morgan fingerprint density at radius 2 is 1.95 bits per heavy atom. The van der Waals surface area contributed by atoms with Crippen molar-refractivity contribution < 1.29 is 19.4 Å². The zero-order chi connectivity index (χ0) is 15.2. The van der Waals surface area contributed by atoms with E-state index in [1.54, 1.807) is 25.1 Å². The van der Waals surface area contributed by atoms with Gasteiger partial charge in [0, 0.05) is 18.0 Å². The lowest BCUT2D eigenvalue weighted by Crippen LogP contribution is -2.03. The summed E-state index contributed by atoms with van der Waals surface area (Å²) in [5.74, 6) is 0.246. The number of carboxylic acid groups (broad SMARTS) is 1. The molecule has 0 aliphatic heterocycles. The molecule has 2 aromatic rings. The van der Waals surface area contributed by atoms with Crippen LogP contribution >= 0.6 is 0 Å². The molecule has 5 heteroatoms. The van der Waals surface area contributed by atoms with Gasteiger partial charge in [0.1, 0.15) is 11.3 Å². The largest absolute Gasteiger partial charge is 0.490 e. The third kappa shape index (κ3) is 3.72. The second-order valence-electron chi connectivity index (χ2n) is 4.52. The number of aromatic carboxylic acids is 1. The molecule has 1 aromatic heterocycles. The number of hydrogen-bond acceptors (Lipinski definition) is 4. The number of aromatic nitrogens is 1. The van der Waals surface area contributed by atoms with Gasteiger partial charge in [0.25, 0.3) is 0 Å². The minimum Gasteiger partial charge on any atom is -0.490 e. The SMILES string of the molecule is CCCOc1ccccc1Oc1cc(C)ncc1C(=O)O. The Bertz CT molecular complexity index is 640. The molecule has 0 unspecified atom stereocenters. The lowest BCUT2D eigenvalue weighted by molar-refractivity contribution is 0.0693. The summed E-state index contributed by atoms with van der Waals surface area (Å²) in [6.45, 7) is 4.36. The molecule has 0 atom stereocenters. The average molecular weight is 287 g/mol. The van der Waals surface area contributed by atoms with Crippen LogP contribution in [0.5, 0.6) is 17.2 Å². The van der Waals surface area contributed by atoms with Gasteiger partial charge in [-0.15, -0.1) is 0 Å². The predicted octanol–water partition coefficient (Wildman–Crippen LogP) is 3.67. The van der Waals surface area contributed by atoms with E-state index >= 15 is 0 Å². The summed E-state index contributed by atoms with van der Waals surface area (Å²) in [5, 5.41) is 9.19. The third-order valence-electron chi connectivity index (χ3n) is 2.76. The van der Waals surface area contributed by atoms with Crippen LogP contribution in [-0.2, 0) is 0 Å². The van der Waals surface area contributed by atoms with E-state index in [0.29, 0.717) is 23.8 Å². The van der Waals surface area contributed by atoms with Gasteiger partial charge >= 0.3 is 5.97 Å². The molecule has 0 amide bonds. The number of nitrogens with zero attached hydrogens (tertiary/aromatic N) is 1. The first-order valence-corrected chi connectivity index (χ1v) is 6.71. The maximum Gasteiger partial charge on any atom is 0.341 e. The molecular formula is C16H17NO4. The summed E-state index contributed by atoms with van der Waals surface area (Å²) >= 11 is 0. The van der Waals surface area contributed by atoms with Gasteiger partial charge in [0.2, 0.25) is 0 Å². The molecule has 5 nitrogen and oxygen atoms in total. The Hall–Kier alpha value is -2.56. The quantitative estimate of drug-likeness (QED) is 0.877. The molecule has 110 valence electrons. The van der Waals surface area contributed by atoms with E-state index in [1.807, 2.05) is 19.1 Å². The van der Waals surface area contributed by atoms with Crippen molar-refractivity contribution in [3.8, 4) is 17.2 Å². The Balaban J connectivity index is 2.34. The molecule has 1 heterocycles. The van der Waals surface area contributed by atoms with Gasteiger partial charge in [0.15, 0.2) is 11.5 Å². The number of rotatable bonds is 6. The van der Waals surface area contributed by atoms with E-state index < -0.39 is 5.97 Å². The fourth-order valence-electron chi connectivity index (χ4n) is 1.76. The van der Waals surface area contributed by atoms with Gasteiger partial charge in [-0.05, 0) is 25.5 Å². The topological polar surface area (TPSA) is 68.7 Å². The Morgan fingerprint density at radius 1 is 1.24 bits per heavy atom. The Kier molecular flexibility index (Phi) is 4.77. The Morgan fingerprint density at radius 3 is 2.62 bits per heavy atom. The maximum atomic E-state index is 11.2. The lowest BCUT2D eigenvalue weighted by Gasteiger charge is -2.13. The summed E-state index contributed by atoms with van der Waals surface area (Å²) in [6, 6.07) is 8.78. The van der Waals surface area contributed by atoms with Crippen molar-refractivity contribution in [1.82, 2.24) is 4.98 Å². The number of carbonyl (C=O) groups is 1. The highest BCUT2D eigenvalue weighted by Gasteiger charge is 2.15. The van der Waals surface area contributed by atoms with Crippen LogP contribution in [-0.4, -0.2) is 22.7 Å². The van der Waals surface area contributed by atoms with Crippen LogP contribution in [0, 0.1) is 6.92 Å². The minimum atomic E-state index is -1.08. The van der Waals surface area contributed by atoms with Gasteiger partial charge in [0.05, 0.1) is 6.61 Å². The van der Waals surface area contributed by atoms with Crippen LogP contribution in [0.4, 0.5) is 0 Å². The summed E-state index contributed by atoms with van der Waals surface area (Å²) in [4.78, 5) is 15.2. The van der Waals surface area contributed by atoms with Crippen LogP contribution in [0.15, 0.2) is 36.5 Å². The normalized spacial score (nSPS) is 10.2. The van der Waals surface area contributed by atoms with E-state index in [-0.39, 0.29) is 11.3 Å². The molecule has 21 heavy (non-hydrogen) atoms. The van der Waals surface area contributed by atoms with Crippen LogP contribution in [0.1, 0.15) is 29.4 Å². The third-order valence-corrected chi connectivity index (χ3v) is 2.76. The molecular weight excluding hydrogens is 270 g/mol. The summed E-state index contributed by atoms with van der Waals surface area (Å²) in [7, 11) is 0. The number of para-hydroxylation sites is 2. The highest BCUT2D eigenvalue weighted by atomic mass is 16.5. The first-order valence-electron chi connectivity index (χ1n) is 6.71. The predicted molar refractivity (Wildman–Crippen MR) is 78.2 cm³/mol. The summed E-state index contributed by atoms with van der Waals surface area (Å²) < 4.78 is 11.3. The van der Waals surface area contributed by atoms with Crippen LogP contribution in [0.2, 0.25) is 0 Å². The van der Waals surface area contributed by atoms with E-state index in [9.17, 15) is 9.90 Å². The molecule has 0 saturated carbocycles. The standard InChI is InChI=1S/C16H17NO4/c1-3-8-20-13-6-4-5-7-14(13)21-15-9-11(2)17-10-12(15)16(18)19/h4-7,9-10H,3,8H2,1-2H3,(H,18,19). The number of ether oxygens (including phenoxy) is 2. The summed E-state index contributed by atoms with van der Waals surface area (Å²) in [5.41, 5.74) is 0.702. The van der Waals surface area contributed by atoms with Crippen molar-refractivity contribution in [3.05, 3.63) is 47.8 Å². The van der Waals surface area contributed by atoms with Crippen molar-refractivity contribution in [3.63, 3.8) is 0 Å². The number of carboxylic acids is 1. The molecule has 0 aliphatic carbocycles. The molecule has 0 saturated heterocycles. The second-order valence-corrected chi connectivity index (χ2v) is 4.52. The van der Waals surface area contributed by atoms with Gasteiger partial charge in [-0.1, -0.05) is 19.1 Å². The lowest BCUT2D eigenvalue weighted by atomic mass is 10.2. The Labute approximate surface area is 123 Å². The average Bonchev–Trinajstić information content (AvgIpc) is 2.46. The van der Waals surface area contributed by atoms with E-state index in [4.69, 9.17) is 9.47 Å². The van der Waals surface area contributed by atoms with Crippen molar-refractivity contribution in [1.29, 1.82) is 0 Å². The van der Waals surface area contributed by atoms with Gasteiger partial charge in [-0.3, -0.25) is 4.98 Å². The number of hydrogen-bond donors (Lipinski definition) is 1. The van der Waals surface area contributed by atoms with E-state index in [2.05, 4.69) is 4.98 Å². The van der Waals surface area contributed by atoms with Gasteiger partial charge in [-0.2, -0.15) is 0 Å². The monoisotopic (exact) mass is 287 g/mol. The van der Waals surface area contributed by atoms with E-state index in [1.165, 1.54) is 6.20 Å². The minimum absolute atomic E-state index is 0.0193. The molecule has 0 bridgehead atoms. The molecule has 0 aliphatic rings. The highest BCUT2D eigenvalue weighted by Crippen LogP contribution is 2.33. The van der Waals surface area contributed by atoms with Gasteiger partial charge in [-0.25, -0.2) is 4.79 Å². The van der Waals surface area contributed by atoms with Gasteiger partial charge < -0.3 is 14.6 Å². The molecule has 1 N–H and O–H groups in total. The zero-order valence-corrected chi connectivity index (χ0v) is 12.0. The fraction of sp³-hybridized carbons (Fsp3) is 0.250. The van der Waals surface area contributed by atoms with Crippen LogP contribution < -0.4 is 9.47 Å². The van der Waals surface area contributed by atoms with Crippen molar-refractivity contribution in [2.45, 2.75) is 20.3 Å². The number of pyridine rings is 1. The maximum absolute atomic E-state index is 11.2. The van der Waals surface area contributed by atoms with Crippen molar-refractivity contribution in [2.24, 2.45) is 0 Å². The molecule has 1 aromatic carbocycles. The smallest absolute Gasteiger partial charge is 0.341 e. The van der Waals surface area contributed by atoms with Crippen LogP contribution in [0.3, 0.4) is 0 Å². The fourth-order valence-corrected chi connectivity index (χ4v) is 1.76. The molecule has 2 rings (SSSR count). The second kappa shape index (κ2) is 6.74. The van der Waals surface area contributed by atoms with E-state index in [0.717, 1.165) is 6.42 Å². The highest BCUT2D eigenvalue weighted by molar-refractivity contribution is 5.90. The first kappa shape index (κ1) is 14.8. The molecule has 0 fully saturated rings. The molecule has 0 spiro atoms. The van der Waals surface area contributed by atoms with Crippen molar-refractivity contribution in [2.75, 3.05) is 6.61 Å². The molecule has 0 radical (unpaired) electrons. The van der Waals surface area contributed by atoms with Crippen LogP contribution in [0.25, 0.3) is 0 Å².